The zero-order chi connectivity index (χ0) is 26.7. The van der Waals surface area contributed by atoms with Crippen LogP contribution in [0.5, 0.6) is 5.75 Å². The van der Waals surface area contributed by atoms with Crippen molar-refractivity contribution >= 4 is 6.09 Å². The van der Waals surface area contributed by atoms with E-state index in [1.165, 1.54) is 11.1 Å². The Bertz CT molecular complexity index is 1250. The van der Waals surface area contributed by atoms with Crippen molar-refractivity contribution < 1.29 is 14.3 Å². The van der Waals surface area contributed by atoms with Crippen LogP contribution in [-0.4, -0.2) is 51.2 Å². The first-order valence-electron chi connectivity index (χ1n) is 13.5. The third kappa shape index (κ3) is 5.99. The van der Waals surface area contributed by atoms with Crippen LogP contribution in [-0.2, 0) is 30.7 Å². The summed E-state index contributed by atoms with van der Waals surface area (Å²) in [7, 11) is 1.69. The highest BCUT2D eigenvalue weighted by molar-refractivity contribution is 5.69. The third-order valence-corrected chi connectivity index (χ3v) is 7.42. The molecule has 0 saturated carbocycles. The summed E-state index contributed by atoms with van der Waals surface area (Å²) in [4.78, 5) is 27.4. The zero-order valence-electron chi connectivity index (χ0n) is 22.9. The SMILES string of the molecule is COc1ccc(CN(C[C@H]2Cc3ncccc3CN2C(=O)OC(C)(C)C)[C@H]2CCCc3cccnc32)cc1. The second-order valence-electron chi connectivity index (χ2n) is 11.3. The van der Waals surface area contributed by atoms with E-state index in [2.05, 4.69) is 34.1 Å². The molecule has 5 rings (SSSR count). The van der Waals surface area contributed by atoms with Crippen LogP contribution >= 0.6 is 0 Å². The molecule has 38 heavy (non-hydrogen) atoms. The van der Waals surface area contributed by atoms with Crippen LogP contribution in [0.4, 0.5) is 4.79 Å². The van der Waals surface area contributed by atoms with Gasteiger partial charge in [-0.15, -0.1) is 0 Å². The lowest BCUT2D eigenvalue weighted by atomic mass is 9.89. The number of aryl methyl sites for hydroxylation is 1. The van der Waals surface area contributed by atoms with E-state index < -0.39 is 5.60 Å². The Morgan fingerprint density at radius 3 is 2.53 bits per heavy atom. The normalized spacial score (nSPS) is 19.0. The molecule has 3 heterocycles. The lowest BCUT2D eigenvalue weighted by Gasteiger charge is -2.42. The predicted molar refractivity (Wildman–Crippen MR) is 147 cm³/mol. The number of carbonyl (C=O) groups excluding carboxylic acids is 1. The van der Waals surface area contributed by atoms with Crippen molar-refractivity contribution in [3.63, 3.8) is 0 Å². The van der Waals surface area contributed by atoms with Crippen molar-refractivity contribution in [3.8, 4) is 5.75 Å². The van der Waals surface area contributed by atoms with Crippen molar-refractivity contribution in [2.45, 2.75) is 77.2 Å². The van der Waals surface area contributed by atoms with Crippen molar-refractivity contribution in [1.29, 1.82) is 0 Å². The Hall–Kier alpha value is -3.45. The molecule has 0 radical (unpaired) electrons. The molecule has 1 aliphatic carbocycles. The molecule has 1 aromatic carbocycles. The minimum Gasteiger partial charge on any atom is -0.497 e. The standard InChI is InChI=1S/C31H38N4O3/c1-31(2,3)38-30(36)35-20-24-10-7-16-32-27(24)18-25(35)21-34(19-22-12-14-26(37-4)15-13-22)28-11-5-8-23-9-6-17-33-29(23)28/h6-7,9-10,12-17,25,28H,5,8,11,18-21H2,1-4H3/t25-,28+/m1/s1. The molecule has 0 bridgehead atoms. The number of nitrogens with zero attached hydrogens (tertiary/aromatic N) is 4. The third-order valence-electron chi connectivity index (χ3n) is 7.42. The van der Waals surface area contributed by atoms with Crippen LogP contribution in [0.15, 0.2) is 60.9 Å². The van der Waals surface area contributed by atoms with Gasteiger partial charge in [-0.25, -0.2) is 4.79 Å². The van der Waals surface area contributed by atoms with Crippen LogP contribution in [0.3, 0.4) is 0 Å². The average molecular weight is 515 g/mol. The van der Waals surface area contributed by atoms with Crippen molar-refractivity contribution in [2.75, 3.05) is 13.7 Å². The van der Waals surface area contributed by atoms with Gasteiger partial charge in [-0.2, -0.15) is 0 Å². The number of hydrogen-bond donors (Lipinski definition) is 0. The average Bonchev–Trinajstić information content (AvgIpc) is 2.91. The summed E-state index contributed by atoms with van der Waals surface area (Å²) < 4.78 is 11.3. The first kappa shape index (κ1) is 26.2. The molecule has 1 aliphatic heterocycles. The van der Waals surface area contributed by atoms with Gasteiger partial charge >= 0.3 is 6.09 Å². The van der Waals surface area contributed by atoms with E-state index >= 15 is 0 Å². The summed E-state index contributed by atoms with van der Waals surface area (Å²) in [5.74, 6) is 0.844. The molecule has 0 N–H and O–H groups in total. The number of amides is 1. The molecule has 7 nitrogen and oxygen atoms in total. The second-order valence-corrected chi connectivity index (χ2v) is 11.3. The summed E-state index contributed by atoms with van der Waals surface area (Å²) in [6.45, 7) is 7.69. The van der Waals surface area contributed by atoms with Crippen LogP contribution in [0.25, 0.3) is 0 Å². The molecule has 7 heteroatoms. The number of methoxy groups -OCH3 is 1. The summed E-state index contributed by atoms with van der Waals surface area (Å²) in [5, 5.41) is 0. The van der Waals surface area contributed by atoms with Gasteiger partial charge in [0.15, 0.2) is 0 Å². The molecule has 2 atom stereocenters. The number of ether oxygens (including phenoxy) is 2. The van der Waals surface area contributed by atoms with Gasteiger partial charge in [0.1, 0.15) is 11.4 Å². The van der Waals surface area contributed by atoms with Crippen LogP contribution in [0, 0.1) is 0 Å². The van der Waals surface area contributed by atoms with Gasteiger partial charge in [-0.05, 0) is 81.0 Å². The van der Waals surface area contributed by atoms with Gasteiger partial charge in [-0.1, -0.05) is 24.3 Å². The molecule has 200 valence electrons. The Morgan fingerprint density at radius 1 is 1.05 bits per heavy atom. The predicted octanol–water partition coefficient (Wildman–Crippen LogP) is 5.73. The molecule has 3 aromatic rings. The molecule has 0 fully saturated rings. The van der Waals surface area contributed by atoms with E-state index in [-0.39, 0.29) is 18.2 Å². The van der Waals surface area contributed by atoms with Crippen LogP contribution in [0.2, 0.25) is 0 Å². The maximum atomic E-state index is 13.5. The topological polar surface area (TPSA) is 67.8 Å². The van der Waals surface area contributed by atoms with Gasteiger partial charge in [0.05, 0.1) is 31.4 Å². The number of fused-ring (bicyclic) bond motifs is 2. The molecule has 1 amide bonds. The van der Waals surface area contributed by atoms with E-state index in [4.69, 9.17) is 14.5 Å². The van der Waals surface area contributed by atoms with Crippen LogP contribution in [0.1, 0.15) is 67.7 Å². The maximum Gasteiger partial charge on any atom is 0.410 e. The number of carbonyl (C=O) groups is 1. The molecular formula is C31H38N4O3. The Morgan fingerprint density at radius 2 is 1.79 bits per heavy atom. The molecule has 2 aliphatic rings. The van der Waals surface area contributed by atoms with Crippen LogP contribution < -0.4 is 4.74 Å². The Kier molecular flexibility index (Phi) is 7.65. The van der Waals surface area contributed by atoms with Crippen molar-refractivity contribution in [2.24, 2.45) is 0 Å². The minimum absolute atomic E-state index is 0.0698. The van der Waals surface area contributed by atoms with Gasteiger partial charge in [-0.3, -0.25) is 19.8 Å². The highest BCUT2D eigenvalue weighted by Crippen LogP contribution is 2.35. The largest absolute Gasteiger partial charge is 0.497 e. The van der Waals surface area contributed by atoms with E-state index in [1.807, 2.05) is 62.3 Å². The second kappa shape index (κ2) is 11.1. The van der Waals surface area contributed by atoms with Gasteiger partial charge in [0.2, 0.25) is 0 Å². The molecule has 0 spiro atoms. The van der Waals surface area contributed by atoms with E-state index in [0.29, 0.717) is 19.5 Å². The fraction of sp³-hybridized carbons (Fsp3) is 0.452. The van der Waals surface area contributed by atoms with E-state index in [0.717, 1.165) is 48.5 Å². The number of hydrogen-bond acceptors (Lipinski definition) is 6. The fourth-order valence-electron chi connectivity index (χ4n) is 5.62. The summed E-state index contributed by atoms with van der Waals surface area (Å²) >= 11 is 0. The number of rotatable bonds is 6. The molecule has 0 unspecified atom stereocenters. The fourth-order valence-corrected chi connectivity index (χ4v) is 5.62. The summed E-state index contributed by atoms with van der Waals surface area (Å²) in [6, 6.07) is 16.6. The van der Waals surface area contributed by atoms with Crippen molar-refractivity contribution in [1.82, 2.24) is 19.8 Å². The molecular weight excluding hydrogens is 476 g/mol. The zero-order valence-corrected chi connectivity index (χ0v) is 22.9. The summed E-state index contributed by atoms with van der Waals surface area (Å²) in [6.07, 6.45) is 7.37. The number of aromatic nitrogens is 2. The first-order chi connectivity index (χ1) is 18.3. The Balaban J connectivity index is 1.48. The number of benzene rings is 1. The van der Waals surface area contributed by atoms with Gasteiger partial charge in [0, 0.05) is 37.6 Å². The molecule has 2 aromatic heterocycles. The lowest BCUT2D eigenvalue weighted by Crippen LogP contribution is -2.52. The Labute approximate surface area is 225 Å². The maximum absolute atomic E-state index is 13.5. The molecule has 0 saturated heterocycles. The van der Waals surface area contributed by atoms with Gasteiger partial charge in [0.25, 0.3) is 0 Å². The number of pyridine rings is 2. The minimum atomic E-state index is -0.564. The smallest absolute Gasteiger partial charge is 0.410 e. The van der Waals surface area contributed by atoms with E-state index in [1.54, 1.807) is 7.11 Å². The summed E-state index contributed by atoms with van der Waals surface area (Å²) in [5.41, 5.74) is 5.26. The van der Waals surface area contributed by atoms with Gasteiger partial charge < -0.3 is 9.47 Å². The van der Waals surface area contributed by atoms with E-state index in [9.17, 15) is 4.79 Å². The highest BCUT2D eigenvalue weighted by atomic mass is 16.6. The highest BCUT2D eigenvalue weighted by Gasteiger charge is 2.37. The quantitative estimate of drug-likeness (QED) is 0.419. The first-order valence-corrected chi connectivity index (χ1v) is 13.5. The lowest BCUT2D eigenvalue weighted by molar-refractivity contribution is 0.00374. The monoisotopic (exact) mass is 514 g/mol. The van der Waals surface area contributed by atoms with Crippen molar-refractivity contribution in [3.05, 3.63) is 89.0 Å².